The van der Waals surface area contributed by atoms with Gasteiger partial charge in [-0.1, -0.05) is 45.7 Å². The fraction of sp³-hybridized carbons (Fsp3) is 0. The Bertz CT molecular complexity index is 1110. The molecule has 4 aromatic rings. The van der Waals surface area contributed by atoms with Crippen molar-refractivity contribution in [1.29, 1.82) is 0 Å². The molecule has 0 radical (unpaired) electrons. The molecule has 0 fully saturated rings. The molecule has 128 valence electrons. The maximum atomic E-state index is 12.6. The number of aromatic amines is 1. The minimum absolute atomic E-state index is 0.285. The molecule has 2 heterocycles. The number of hydrogen-bond donors (Lipinski definition) is 2. The average molecular weight is 428 g/mol. The first-order chi connectivity index (χ1) is 12.6. The fourth-order valence-corrected chi connectivity index (χ4v) is 3.21. The minimum atomic E-state index is -0.285. The summed E-state index contributed by atoms with van der Waals surface area (Å²) in [6.07, 6.45) is 1.69. The quantitative estimate of drug-likeness (QED) is 0.466. The number of hydrogen-bond acceptors (Lipinski definition) is 3. The first-order valence-corrected chi connectivity index (χ1v) is 8.95. The van der Waals surface area contributed by atoms with E-state index in [4.69, 9.17) is 11.6 Å². The molecule has 0 aliphatic carbocycles. The second-order valence-electron chi connectivity index (χ2n) is 5.62. The lowest BCUT2D eigenvalue weighted by Crippen LogP contribution is -2.12. The number of halogens is 2. The van der Waals surface area contributed by atoms with Crippen molar-refractivity contribution >= 4 is 50.0 Å². The van der Waals surface area contributed by atoms with Gasteiger partial charge in [-0.25, -0.2) is 0 Å². The van der Waals surface area contributed by atoms with Gasteiger partial charge in [0.05, 0.1) is 16.9 Å². The van der Waals surface area contributed by atoms with Crippen LogP contribution in [0.3, 0.4) is 0 Å². The zero-order valence-electron chi connectivity index (χ0n) is 13.3. The molecular formula is C19H12BrClN4O. The highest BCUT2D eigenvalue weighted by atomic mass is 79.9. The Morgan fingerprint density at radius 2 is 1.92 bits per heavy atom. The molecule has 0 aliphatic heterocycles. The van der Waals surface area contributed by atoms with Crippen LogP contribution < -0.4 is 5.32 Å². The number of carbonyl (C=O) groups excluding carboxylic acids is 1. The van der Waals surface area contributed by atoms with E-state index in [0.29, 0.717) is 27.6 Å². The van der Waals surface area contributed by atoms with Gasteiger partial charge < -0.3 is 5.32 Å². The first kappa shape index (κ1) is 16.8. The van der Waals surface area contributed by atoms with Gasteiger partial charge in [0.15, 0.2) is 0 Å². The summed E-state index contributed by atoms with van der Waals surface area (Å²) in [6.45, 7) is 0. The number of H-pyrrole nitrogens is 1. The Kier molecular flexibility index (Phi) is 4.44. The maximum absolute atomic E-state index is 12.6. The van der Waals surface area contributed by atoms with Gasteiger partial charge in [0, 0.05) is 26.6 Å². The van der Waals surface area contributed by atoms with Crippen LogP contribution in [0.2, 0.25) is 5.02 Å². The topological polar surface area (TPSA) is 70.7 Å². The zero-order valence-corrected chi connectivity index (χ0v) is 15.7. The predicted molar refractivity (Wildman–Crippen MR) is 106 cm³/mol. The summed E-state index contributed by atoms with van der Waals surface area (Å²) in [6, 6.07) is 16.5. The van der Waals surface area contributed by atoms with Crippen molar-refractivity contribution in [2.24, 2.45) is 0 Å². The van der Waals surface area contributed by atoms with Crippen LogP contribution >= 0.6 is 27.5 Å². The molecule has 0 spiro atoms. The standard InChI is InChI=1S/C19H12BrClN4O/c20-14-7-8-15(18-13(14)2-1-9-22-18)23-19(26)17-10-16(24-25-17)11-3-5-12(21)6-4-11/h1-10H,(H,23,26)(H,24,25). The van der Waals surface area contributed by atoms with E-state index in [9.17, 15) is 4.79 Å². The van der Waals surface area contributed by atoms with E-state index in [1.807, 2.05) is 36.4 Å². The van der Waals surface area contributed by atoms with Gasteiger partial charge in [-0.2, -0.15) is 5.10 Å². The van der Waals surface area contributed by atoms with Gasteiger partial charge >= 0.3 is 0 Å². The van der Waals surface area contributed by atoms with E-state index >= 15 is 0 Å². The highest BCUT2D eigenvalue weighted by Gasteiger charge is 2.14. The van der Waals surface area contributed by atoms with E-state index in [2.05, 4.69) is 36.4 Å². The second-order valence-corrected chi connectivity index (χ2v) is 6.91. The largest absolute Gasteiger partial charge is 0.319 e. The molecule has 0 bridgehead atoms. The third-order valence-corrected chi connectivity index (χ3v) is 4.87. The second kappa shape index (κ2) is 6.90. The monoisotopic (exact) mass is 426 g/mol. The Hall–Kier alpha value is -2.70. The molecule has 0 saturated carbocycles. The lowest BCUT2D eigenvalue weighted by atomic mass is 10.1. The van der Waals surface area contributed by atoms with Gasteiger partial charge in [0.2, 0.25) is 0 Å². The molecular weight excluding hydrogens is 416 g/mol. The molecule has 2 aromatic carbocycles. The number of carbonyl (C=O) groups is 1. The molecule has 0 atom stereocenters. The summed E-state index contributed by atoms with van der Waals surface area (Å²) in [5, 5.41) is 11.4. The van der Waals surface area contributed by atoms with Crippen molar-refractivity contribution in [3.63, 3.8) is 0 Å². The summed E-state index contributed by atoms with van der Waals surface area (Å²) < 4.78 is 0.921. The Morgan fingerprint density at radius 3 is 2.73 bits per heavy atom. The molecule has 2 N–H and O–H groups in total. The van der Waals surface area contributed by atoms with Crippen LogP contribution in [-0.4, -0.2) is 21.1 Å². The van der Waals surface area contributed by atoms with E-state index in [1.54, 1.807) is 24.4 Å². The molecule has 0 saturated heterocycles. The smallest absolute Gasteiger partial charge is 0.273 e. The molecule has 0 aliphatic rings. The number of amides is 1. The van der Waals surface area contributed by atoms with Gasteiger partial charge in [-0.3, -0.25) is 14.9 Å². The van der Waals surface area contributed by atoms with Crippen LogP contribution in [0.25, 0.3) is 22.2 Å². The fourth-order valence-electron chi connectivity index (χ4n) is 2.63. The Labute approximate surface area is 162 Å². The number of rotatable bonds is 3. The third kappa shape index (κ3) is 3.21. The van der Waals surface area contributed by atoms with Crippen molar-refractivity contribution in [2.45, 2.75) is 0 Å². The summed E-state index contributed by atoms with van der Waals surface area (Å²) in [5.74, 6) is -0.285. The Morgan fingerprint density at radius 1 is 1.12 bits per heavy atom. The lowest BCUT2D eigenvalue weighted by molar-refractivity contribution is 0.102. The number of nitrogens with one attached hydrogen (secondary N) is 2. The lowest BCUT2D eigenvalue weighted by Gasteiger charge is -2.08. The van der Waals surface area contributed by atoms with E-state index in [1.165, 1.54) is 0 Å². The van der Waals surface area contributed by atoms with Gasteiger partial charge in [-0.05, 0) is 36.4 Å². The molecule has 26 heavy (non-hydrogen) atoms. The summed E-state index contributed by atoms with van der Waals surface area (Å²) in [5.41, 5.74) is 3.26. The van der Waals surface area contributed by atoms with Crippen LogP contribution in [0.15, 0.2) is 65.3 Å². The normalized spacial score (nSPS) is 10.8. The maximum Gasteiger partial charge on any atom is 0.273 e. The first-order valence-electron chi connectivity index (χ1n) is 7.78. The number of fused-ring (bicyclic) bond motifs is 1. The highest BCUT2D eigenvalue weighted by Crippen LogP contribution is 2.28. The van der Waals surface area contributed by atoms with Crippen molar-refractivity contribution < 1.29 is 4.79 Å². The minimum Gasteiger partial charge on any atom is -0.319 e. The molecule has 5 nitrogen and oxygen atoms in total. The average Bonchev–Trinajstić information content (AvgIpc) is 3.15. The summed E-state index contributed by atoms with van der Waals surface area (Å²) >= 11 is 9.40. The molecule has 1 amide bonds. The highest BCUT2D eigenvalue weighted by molar-refractivity contribution is 9.10. The summed E-state index contributed by atoms with van der Waals surface area (Å²) in [4.78, 5) is 17.0. The van der Waals surface area contributed by atoms with E-state index in [-0.39, 0.29) is 5.91 Å². The SMILES string of the molecule is O=C(Nc1ccc(Br)c2cccnc12)c1cc(-c2ccc(Cl)cc2)n[nH]1. The predicted octanol–water partition coefficient (Wildman–Crippen LogP) is 5.29. The van der Waals surface area contributed by atoms with E-state index < -0.39 is 0 Å². The van der Waals surface area contributed by atoms with Crippen LogP contribution in [0.4, 0.5) is 5.69 Å². The number of aromatic nitrogens is 3. The van der Waals surface area contributed by atoms with Crippen molar-refractivity contribution in [1.82, 2.24) is 15.2 Å². The summed E-state index contributed by atoms with van der Waals surface area (Å²) in [7, 11) is 0. The van der Waals surface area contributed by atoms with Crippen LogP contribution in [0, 0.1) is 0 Å². The van der Waals surface area contributed by atoms with Crippen LogP contribution in [-0.2, 0) is 0 Å². The number of anilines is 1. The van der Waals surface area contributed by atoms with E-state index in [0.717, 1.165) is 15.4 Å². The molecule has 7 heteroatoms. The molecule has 0 unspecified atom stereocenters. The van der Waals surface area contributed by atoms with Gasteiger partial charge in [0.1, 0.15) is 5.69 Å². The molecule has 2 aromatic heterocycles. The Balaban J connectivity index is 1.62. The van der Waals surface area contributed by atoms with Crippen molar-refractivity contribution in [3.05, 3.63) is 76.0 Å². The van der Waals surface area contributed by atoms with Crippen LogP contribution in [0.5, 0.6) is 0 Å². The van der Waals surface area contributed by atoms with Gasteiger partial charge in [0.25, 0.3) is 5.91 Å². The van der Waals surface area contributed by atoms with Crippen LogP contribution in [0.1, 0.15) is 10.5 Å². The molecule has 4 rings (SSSR count). The number of nitrogens with zero attached hydrogens (tertiary/aromatic N) is 2. The van der Waals surface area contributed by atoms with Crippen molar-refractivity contribution in [3.8, 4) is 11.3 Å². The van der Waals surface area contributed by atoms with Gasteiger partial charge in [-0.15, -0.1) is 0 Å². The number of pyridine rings is 1. The number of benzene rings is 2. The van der Waals surface area contributed by atoms with Crippen molar-refractivity contribution in [2.75, 3.05) is 5.32 Å². The zero-order chi connectivity index (χ0) is 18.1. The third-order valence-electron chi connectivity index (χ3n) is 3.93.